The number of anilines is 4. The molecular formula is C20H23FN6O4S2. The maximum absolute atomic E-state index is 14.2. The fraction of sp³-hybridized carbons (Fsp3) is 0.200. The van der Waals surface area contributed by atoms with Gasteiger partial charge in [-0.1, -0.05) is 12.1 Å². The first kappa shape index (κ1) is 24.5. The van der Waals surface area contributed by atoms with Crippen molar-refractivity contribution >= 4 is 43.2 Å². The Morgan fingerprint density at radius 2 is 1.55 bits per heavy atom. The zero-order valence-electron chi connectivity index (χ0n) is 17.8. The fourth-order valence-corrected chi connectivity index (χ4v) is 4.14. The molecule has 1 atom stereocenters. The van der Waals surface area contributed by atoms with Gasteiger partial charge in [-0.25, -0.2) is 36.1 Å². The lowest BCUT2D eigenvalue weighted by Crippen LogP contribution is -2.28. The van der Waals surface area contributed by atoms with Crippen LogP contribution in [0.1, 0.15) is 25.5 Å². The molecule has 0 saturated heterocycles. The molecule has 3 aromatic rings. The van der Waals surface area contributed by atoms with Crippen molar-refractivity contribution in [1.82, 2.24) is 14.7 Å². The molecule has 0 aliphatic rings. The maximum Gasteiger partial charge on any atom is 0.238 e. The molecule has 176 valence electrons. The van der Waals surface area contributed by atoms with Gasteiger partial charge in [-0.15, -0.1) is 0 Å². The highest BCUT2D eigenvalue weighted by atomic mass is 32.2. The number of hydrogen-bond acceptors (Lipinski definition) is 8. The van der Waals surface area contributed by atoms with Crippen molar-refractivity contribution in [2.45, 2.75) is 24.8 Å². The molecule has 3 rings (SSSR count). The number of nitrogens with one attached hydrogen (secondary N) is 3. The minimum absolute atomic E-state index is 0.0173. The van der Waals surface area contributed by atoms with Gasteiger partial charge in [0.05, 0.1) is 16.8 Å². The van der Waals surface area contributed by atoms with E-state index in [1.807, 2.05) is 0 Å². The molecule has 0 aliphatic carbocycles. The lowest BCUT2D eigenvalue weighted by Gasteiger charge is -2.15. The average Bonchev–Trinajstić information content (AvgIpc) is 2.76. The standard InChI is InChI=1S/C20H23FN6O4S2/c1-3-32(28,29)27-13(2)14-4-6-15(7-5-14)24-19-18(21)12-23-20(26-19)25-16-8-10-17(11-9-16)33(22,30)31/h4-13,27H,3H2,1-2H3,(H2,22,30,31)(H2,23,24,25,26)/t13-/m0/s1. The highest BCUT2D eigenvalue weighted by molar-refractivity contribution is 7.89. The minimum Gasteiger partial charge on any atom is -0.338 e. The molecule has 1 aromatic heterocycles. The third-order valence-electron chi connectivity index (χ3n) is 4.59. The van der Waals surface area contributed by atoms with Gasteiger partial charge in [-0.3, -0.25) is 0 Å². The van der Waals surface area contributed by atoms with Crippen molar-refractivity contribution in [2.75, 3.05) is 16.4 Å². The number of aromatic nitrogens is 2. The van der Waals surface area contributed by atoms with Crippen molar-refractivity contribution in [3.8, 4) is 0 Å². The van der Waals surface area contributed by atoms with Crippen LogP contribution in [0.25, 0.3) is 0 Å². The second-order valence-electron chi connectivity index (χ2n) is 7.07. The SMILES string of the molecule is CCS(=O)(=O)N[C@@H](C)c1ccc(Nc2nc(Nc3ccc(S(N)(=O)=O)cc3)ncc2F)cc1. The van der Waals surface area contributed by atoms with Gasteiger partial charge in [0.1, 0.15) is 0 Å². The van der Waals surface area contributed by atoms with Gasteiger partial charge in [0.15, 0.2) is 11.6 Å². The van der Waals surface area contributed by atoms with E-state index in [9.17, 15) is 21.2 Å². The molecule has 0 amide bonds. The lowest BCUT2D eigenvalue weighted by atomic mass is 10.1. The van der Waals surface area contributed by atoms with Crippen molar-refractivity contribution in [3.05, 3.63) is 66.1 Å². The summed E-state index contributed by atoms with van der Waals surface area (Å²) >= 11 is 0. The third kappa shape index (κ3) is 6.68. The normalized spacial score (nSPS) is 12.8. The van der Waals surface area contributed by atoms with Crippen LogP contribution in [0.5, 0.6) is 0 Å². The minimum atomic E-state index is -3.81. The summed E-state index contributed by atoms with van der Waals surface area (Å²) in [4.78, 5) is 7.94. The van der Waals surface area contributed by atoms with E-state index in [0.717, 1.165) is 11.8 Å². The molecule has 1 heterocycles. The second kappa shape index (κ2) is 9.79. The van der Waals surface area contributed by atoms with E-state index in [4.69, 9.17) is 5.14 Å². The van der Waals surface area contributed by atoms with Crippen LogP contribution in [-0.2, 0) is 20.0 Å². The number of nitrogens with two attached hydrogens (primary N) is 1. The summed E-state index contributed by atoms with van der Waals surface area (Å²) < 4.78 is 63.0. The Balaban J connectivity index is 1.72. The molecular weight excluding hydrogens is 471 g/mol. The number of nitrogens with zero attached hydrogens (tertiary/aromatic N) is 2. The van der Waals surface area contributed by atoms with Crippen LogP contribution in [0.4, 0.5) is 27.5 Å². The monoisotopic (exact) mass is 494 g/mol. The van der Waals surface area contributed by atoms with Gasteiger partial charge in [0, 0.05) is 17.4 Å². The summed E-state index contributed by atoms with van der Waals surface area (Å²) in [6, 6.07) is 12.0. The summed E-state index contributed by atoms with van der Waals surface area (Å²) in [6.07, 6.45) is 0.992. The number of sulfonamides is 2. The second-order valence-corrected chi connectivity index (χ2v) is 10.7. The number of rotatable bonds is 9. The number of benzene rings is 2. The Kier molecular flexibility index (Phi) is 7.27. The molecule has 0 aliphatic heterocycles. The van der Waals surface area contributed by atoms with Gasteiger partial charge in [0.25, 0.3) is 0 Å². The van der Waals surface area contributed by atoms with Crippen LogP contribution >= 0.6 is 0 Å². The molecule has 0 unspecified atom stereocenters. The number of halogens is 1. The molecule has 2 aromatic carbocycles. The van der Waals surface area contributed by atoms with Crippen LogP contribution in [-0.4, -0.2) is 32.6 Å². The van der Waals surface area contributed by atoms with E-state index in [0.29, 0.717) is 11.4 Å². The zero-order valence-corrected chi connectivity index (χ0v) is 19.4. The number of primary sulfonamides is 1. The predicted molar refractivity (Wildman–Crippen MR) is 124 cm³/mol. The van der Waals surface area contributed by atoms with E-state index in [1.165, 1.54) is 24.3 Å². The van der Waals surface area contributed by atoms with Crippen LogP contribution in [0.3, 0.4) is 0 Å². The Morgan fingerprint density at radius 1 is 0.970 bits per heavy atom. The first-order valence-corrected chi connectivity index (χ1v) is 13.0. The molecule has 13 heteroatoms. The highest BCUT2D eigenvalue weighted by Gasteiger charge is 2.14. The molecule has 0 bridgehead atoms. The van der Waals surface area contributed by atoms with E-state index >= 15 is 0 Å². The number of hydrogen-bond donors (Lipinski definition) is 4. The Labute approximate surface area is 191 Å². The summed E-state index contributed by atoms with van der Waals surface area (Å²) in [7, 11) is -7.16. The van der Waals surface area contributed by atoms with E-state index < -0.39 is 31.9 Å². The topological polar surface area (TPSA) is 156 Å². The quantitative estimate of drug-likeness (QED) is 0.354. The summed E-state index contributed by atoms with van der Waals surface area (Å²) in [6.45, 7) is 3.29. The van der Waals surface area contributed by atoms with Crippen LogP contribution in [0.15, 0.2) is 59.6 Å². The van der Waals surface area contributed by atoms with Gasteiger partial charge < -0.3 is 10.6 Å². The van der Waals surface area contributed by atoms with Crippen LogP contribution in [0, 0.1) is 5.82 Å². The van der Waals surface area contributed by atoms with Gasteiger partial charge in [-0.05, 0) is 55.8 Å². The lowest BCUT2D eigenvalue weighted by molar-refractivity contribution is 0.568. The van der Waals surface area contributed by atoms with Gasteiger partial charge in [0.2, 0.25) is 26.0 Å². The molecule has 0 spiro atoms. The van der Waals surface area contributed by atoms with Crippen molar-refractivity contribution in [3.63, 3.8) is 0 Å². The van der Waals surface area contributed by atoms with Crippen LogP contribution < -0.4 is 20.5 Å². The smallest absolute Gasteiger partial charge is 0.238 e. The Bertz CT molecular complexity index is 1330. The first-order valence-electron chi connectivity index (χ1n) is 9.76. The summed E-state index contributed by atoms with van der Waals surface area (Å²) in [5, 5.41) is 10.8. The first-order chi connectivity index (χ1) is 15.5. The van der Waals surface area contributed by atoms with Crippen molar-refractivity contribution in [1.29, 1.82) is 0 Å². The third-order valence-corrected chi connectivity index (χ3v) is 6.99. The molecule has 0 fully saturated rings. The molecule has 0 saturated carbocycles. The fourth-order valence-electron chi connectivity index (χ4n) is 2.78. The highest BCUT2D eigenvalue weighted by Crippen LogP contribution is 2.23. The average molecular weight is 495 g/mol. The zero-order chi connectivity index (χ0) is 24.2. The predicted octanol–water partition coefficient (Wildman–Crippen LogP) is 2.75. The van der Waals surface area contributed by atoms with Gasteiger partial charge in [-0.2, -0.15) is 4.98 Å². The van der Waals surface area contributed by atoms with E-state index in [2.05, 4.69) is 25.3 Å². The molecule has 10 nitrogen and oxygen atoms in total. The molecule has 5 N–H and O–H groups in total. The molecule has 33 heavy (non-hydrogen) atoms. The largest absolute Gasteiger partial charge is 0.338 e. The van der Waals surface area contributed by atoms with E-state index in [-0.39, 0.29) is 22.4 Å². The van der Waals surface area contributed by atoms with Crippen molar-refractivity contribution < 1.29 is 21.2 Å². The summed E-state index contributed by atoms with van der Waals surface area (Å²) in [5.74, 6) is -0.697. The van der Waals surface area contributed by atoms with Crippen LogP contribution in [0.2, 0.25) is 0 Å². The van der Waals surface area contributed by atoms with Crippen molar-refractivity contribution in [2.24, 2.45) is 5.14 Å². The van der Waals surface area contributed by atoms with Gasteiger partial charge >= 0.3 is 0 Å². The maximum atomic E-state index is 14.2. The Hall–Kier alpha value is -3.13. The molecule has 0 radical (unpaired) electrons. The summed E-state index contributed by atoms with van der Waals surface area (Å²) in [5.41, 5.74) is 1.75. The van der Waals surface area contributed by atoms with E-state index in [1.54, 1.807) is 38.1 Å². The Morgan fingerprint density at radius 3 is 2.12 bits per heavy atom.